The fourth-order valence-corrected chi connectivity index (χ4v) is 6.62. The first-order valence-corrected chi connectivity index (χ1v) is 11.1. The Morgan fingerprint density at radius 3 is 2.06 bits per heavy atom. The van der Waals surface area contributed by atoms with Crippen molar-refractivity contribution in [1.82, 2.24) is 5.32 Å². The van der Waals surface area contributed by atoms with Gasteiger partial charge in [-0.2, -0.15) is 0 Å². The Bertz CT molecular complexity index is 815. The van der Waals surface area contributed by atoms with Gasteiger partial charge in [0.2, 0.25) is 5.75 Å². The molecule has 1 N–H and O–H groups in total. The molecule has 5 rings (SSSR count). The Kier molecular flexibility index (Phi) is 6.04. The van der Waals surface area contributed by atoms with Crippen LogP contribution >= 0.6 is 0 Å². The Morgan fingerprint density at radius 2 is 1.55 bits per heavy atom. The summed E-state index contributed by atoms with van der Waals surface area (Å²) in [5.41, 5.74) is 0.392. The molecule has 0 radical (unpaired) electrons. The summed E-state index contributed by atoms with van der Waals surface area (Å²) in [6.45, 7) is 1.79. The minimum Gasteiger partial charge on any atom is -0.493 e. The molecule has 0 heterocycles. The van der Waals surface area contributed by atoms with E-state index in [0.29, 0.717) is 11.5 Å². The third kappa shape index (κ3) is 4.06. The number of hydrogen-bond acceptors (Lipinski definition) is 6. The summed E-state index contributed by atoms with van der Waals surface area (Å²) in [6.07, 6.45) is 7.73. The molecular formula is C24H33NO6. The first-order chi connectivity index (χ1) is 14.9. The zero-order valence-corrected chi connectivity index (χ0v) is 18.9. The van der Waals surface area contributed by atoms with E-state index in [1.54, 1.807) is 12.1 Å². The number of hydrogen-bond donors (Lipinski definition) is 1. The van der Waals surface area contributed by atoms with Crippen LogP contribution in [0.25, 0.3) is 0 Å². The van der Waals surface area contributed by atoms with Crippen molar-refractivity contribution in [3.63, 3.8) is 0 Å². The van der Waals surface area contributed by atoms with Crippen LogP contribution < -0.4 is 19.5 Å². The molecular weight excluding hydrogens is 398 g/mol. The highest BCUT2D eigenvalue weighted by molar-refractivity contribution is 5.95. The molecule has 4 fully saturated rings. The van der Waals surface area contributed by atoms with Crippen LogP contribution in [0.4, 0.5) is 0 Å². The maximum atomic E-state index is 12.6. The van der Waals surface area contributed by atoms with E-state index in [1.807, 2.05) is 0 Å². The minimum absolute atomic E-state index is 0.0859. The van der Waals surface area contributed by atoms with Crippen molar-refractivity contribution in [2.24, 2.45) is 23.2 Å². The van der Waals surface area contributed by atoms with Crippen molar-refractivity contribution >= 4 is 11.9 Å². The molecule has 4 aliphatic carbocycles. The molecule has 1 aromatic carbocycles. The van der Waals surface area contributed by atoms with Crippen LogP contribution in [0.3, 0.4) is 0 Å². The SMILES string of the molecule is COc1ccc(C(=O)OCC(=O)NC(C)C23CC4CC(CC(C4)C2)C3)c(OC)c1OC. The summed E-state index contributed by atoms with van der Waals surface area (Å²) in [4.78, 5) is 25.2. The van der Waals surface area contributed by atoms with E-state index in [2.05, 4.69) is 12.2 Å². The van der Waals surface area contributed by atoms with E-state index >= 15 is 0 Å². The minimum atomic E-state index is -0.643. The average molecular weight is 432 g/mol. The largest absolute Gasteiger partial charge is 0.493 e. The first kappa shape index (κ1) is 21.8. The number of benzene rings is 1. The lowest BCUT2D eigenvalue weighted by molar-refractivity contribution is -0.128. The van der Waals surface area contributed by atoms with Gasteiger partial charge in [0.1, 0.15) is 5.56 Å². The molecule has 7 nitrogen and oxygen atoms in total. The van der Waals surface area contributed by atoms with Crippen LogP contribution in [0.5, 0.6) is 17.2 Å². The van der Waals surface area contributed by atoms with Gasteiger partial charge in [-0.05, 0) is 80.8 Å². The summed E-state index contributed by atoms with van der Waals surface area (Å²) in [7, 11) is 4.41. The molecule has 4 saturated carbocycles. The average Bonchev–Trinajstić information content (AvgIpc) is 2.75. The molecule has 0 saturated heterocycles. The van der Waals surface area contributed by atoms with E-state index in [1.165, 1.54) is 59.9 Å². The maximum absolute atomic E-state index is 12.6. The van der Waals surface area contributed by atoms with Crippen molar-refractivity contribution in [2.45, 2.75) is 51.5 Å². The van der Waals surface area contributed by atoms with Gasteiger partial charge in [0.05, 0.1) is 21.3 Å². The number of nitrogens with one attached hydrogen (secondary N) is 1. The van der Waals surface area contributed by atoms with E-state index in [4.69, 9.17) is 18.9 Å². The molecule has 1 unspecified atom stereocenters. The molecule has 1 atom stereocenters. The fourth-order valence-electron chi connectivity index (χ4n) is 6.62. The van der Waals surface area contributed by atoms with E-state index < -0.39 is 5.97 Å². The van der Waals surface area contributed by atoms with Crippen molar-refractivity contribution in [2.75, 3.05) is 27.9 Å². The fraction of sp³-hybridized carbons (Fsp3) is 0.667. The van der Waals surface area contributed by atoms with E-state index in [9.17, 15) is 9.59 Å². The number of methoxy groups -OCH3 is 3. The van der Waals surface area contributed by atoms with Crippen LogP contribution in [-0.2, 0) is 9.53 Å². The Balaban J connectivity index is 1.36. The summed E-state index contributed by atoms with van der Waals surface area (Å²) in [5.74, 6) is 2.51. The highest BCUT2D eigenvalue weighted by atomic mass is 16.5. The second kappa shape index (κ2) is 8.60. The number of rotatable bonds is 8. The van der Waals surface area contributed by atoms with Gasteiger partial charge in [0.15, 0.2) is 18.1 Å². The van der Waals surface area contributed by atoms with Crippen molar-refractivity contribution in [1.29, 1.82) is 0 Å². The number of carbonyl (C=O) groups is 2. The molecule has 7 heteroatoms. The second-order valence-corrected chi connectivity index (χ2v) is 9.53. The Labute approximate surface area is 183 Å². The lowest BCUT2D eigenvalue weighted by atomic mass is 9.48. The third-order valence-electron chi connectivity index (χ3n) is 7.64. The molecule has 0 spiro atoms. The van der Waals surface area contributed by atoms with Gasteiger partial charge < -0.3 is 24.3 Å². The smallest absolute Gasteiger partial charge is 0.342 e. The lowest BCUT2D eigenvalue weighted by Gasteiger charge is -2.59. The van der Waals surface area contributed by atoms with Crippen molar-refractivity contribution in [3.05, 3.63) is 17.7 Å². The van der Waals surface area contributed by atoms with Gasteiger partial charge in [-0.1, -0.05) is 0 Å². The standard InChI is InChI=1S/C24H33NO6/c1-14(24-10-15-7-16(11-24)9-17(8-15)12-24)25-20(26)13-31-23(27)18-5-6-19(28-2)22(30-4)21(18)29-3/h5-6,14-17H,7-13H2,1-4H3,(H,25,26). The Hall–Kier alpha value is -2.44. The van der Waals surface area contributed by atoms with Crippen LogP contribution in [0, 0.1) is 23.2 Å². The van der Waals surface area contributed by atoms with Gasteiger partial charge in [-0.25, -0.2) is 4.79 Å². The molecule has 4 aliphatic rings. The number of esters is 1. The highest BCUT2D eigenvalue weighted by Crippen LogP contribution is 2.61. The first-order valence-electron chi connectivity index (χ1n) is 11.1. The van der Waals surface area contributed by atoms with Gasteiger partial charge in [0, 0.05) is 6.04 Å². The van der Waals surface area contributed by atoms with Crippen LogP contribution in [0.1, 0.15) is 55.8 Å². The highest BCUT2D eigenvalue weighted by Gasteiger charge is 2.53. The van der Waals surface area contributed by atoms with E-state index in [-0.39, 0.29) is 35.3 Å². The predicted molar refractivity (Wildman–Crippen MR) is 115 cm³/mol. The quantitative estimate of drug-likeness (QED) is 0.634. The monoisotopic (exact) mass is 431 g/mol. The zero-order chi connectivity index (χ0) is 22.2. The summed E-state index contributed by atoms with van der Waals surface area (Å²) in [5, 5.41) is 3.12. The van der Waals surface area contributed by atoms with Crippen LogP contribution in [-0.4, -0.2) is 45.9 Å². The molecule has 31 heavy (non-hydrogen) atoms. The zero-order valence-electron chi connectivity index (χ0n) is 18.9. The molecule has 1 amide bonds. The number of amides is 1. The Morgan fingerprint density at radius 1 is 0.968 bits per heavy atom. The topological polar surface area (TPSA) is 83.1 Å². The summed E-state index contributed by atoms with van der Waals surface area (Å²) >= 11 is 0. The third-order valence-corrected chi connectivity index (χ3v) is 7.64. The normalized spacial score (nSPS) is 29.2. The molecule has 170 valence electrons. The molecule has 4 bridgehead atoms. The lowest BCUT2D eigenvalue weighted by Crippen LogP contribution is -2.56. The molecule has 0 aliphatic heterocycles. The summed E-state index contributed by atoms with van der Waals surface area (Å²) in [6, 6.07) is 3.23. The van der Waals surface area contributed by atoms with Crippen molar-refractivity contribution < 1.29 is 28.5 Å². The second-order valence-electron chi connectivity index (χ2n) is 9.53. The van der Waals surface area contributed by atoms with E-state index in [0.717, 1.165) is 17.8 Å². The van der Waals surface area contributed by atoms with Crippen LogP contribution in [0.15, 0.2) is 12.1 Å². The van der Waals surface area contributed by atoms with Gasteiger partial charge >= 0.3 is 5.97 Å². The van der Waals surface area contributed by atoms with Gasteiger partial charge in [-0.15, -0.1) is 0 Å². The predicted octanol–water partition coefficient (Wildman–Crippen LogP) is 3.59. The van der Waals surface area contributed by atoms with Gasteiger partial charge in [-0.3, -0.25) is 4.79 Å². The maximum Gasteiger partial charge on any atom is 0.342 e. The van der Waals surface area contributed by atoms with Gasteiger partial charge in [0.25, 0.3) is 5.91 Å². The summed E-state index contributed by atoms with van der Waals surface area (Å²) < 4.78 is 21.2. The molecule has 1 aromatic rings. The van der Waals surface area contributed by atoms with Crippen LogP contribution in [0.2, 0.25) is 0 Å². The van der Waals surface area contributed by atoms with Crippen molar-refractivity contribution in [3.8, 4) is 17.2 Å². The number of ether oxygens (including phenoxy) is 4. The molecule has 0 aromatic heterocycles. The number of carbonyl (C=O) groups excluding carboxylic acids is 2.